The molecule has 0 radical (unpaired) electrons. The summed E-state index contributed by atoms with van der Waals surface area (Å²) >= 11 is 7.86. The zero-order valence-electron chi connectivity index (χ0n) is 21.4. The predicted molar refractivity (Wildman–Crippen MR) is 148 cm³/mol. The molecule has 194 valence electrons. The monoisotopic (exact) mass is 539 g/mol. The Kier molecular flexibility index (Phi) is 8.63. The number of thiazole rings is 1. The number of allylic oxidation sites excluding steroid dienone is 1. The second-order valence-corrected chi connectivity index (χ2v) is 9.91. The number of methoxy groups -OCH3 is 1. The van der Waals surface area contributed by atoms with E-state index in [0.717, 1.165) is 24.3 Å². The molecule has 0 saturated carbocycles. The van der Waals surface area contributed by atoms with Gasteiger partial charge in [0.1, 0.15) is 12.6 Å². The van der Waals surface area contributed by atoms with Gasteiger partial charge < -0.3 is 14.4 Å². The highest BCUT2D eigenvalue weighted by atomic mass is 35.5. The molecule has 2 aromatic carbocycles. The van der Waals surface area contributed by atoms with Crippen LogP contribution in [0.4, 0.5) is 5.69 Å². The minimum absolute atomic E-state index is 0.0925. The maximum Gasteiger partial charge on any atom is 0.338 e. The van der Waals surface area contributed by atoms with Gasteiger partial charge in [0.25, 0.3) is 5.56 Å². The molecule has 0 aliphatic carbocycles. The van der Waals surface area contributed by atoms with Crippen molar-refractivity contribution in [3.05, 3.63) is 95.6 Å². The number of hydrogen-bond donors (Lipinski definition) is 0. The van der Waals surface area contributed by atoms with E-state index in [1.807, 2.05) is 36.4 Å². The second kappa shape index (κ2) is 11.9. The summed E-state index contributed by atoms with van der Waals surface area (Å²) in [6.45, 7) is 8.20. The van der Waals surface area contributed by atoms with Crippen molar-refractivity contribution < 1.29 is 14.3 Å². The van der Waals surface area contributed by atoms with Gasteiger partial charge in [-0.15, -0.1) is 0 Å². The van der Waals surface area contributed by atoms with E-state index in [1.165, 1.54) is 18.4 Å². The summed E-state index contributed by atoms with van der Waals surface area (Å²) in [7, 11) is 1.53. The van der Waals surface area contributed by atoms with Crippen LogP contribution in [0.2, 0.25) is 5.02 Å². The van der Waals surface area contributed by atoms with Crippen LogP contribution in [0.15, 0.2) is 69.6 Å². The number of rotatable bonds is 9. The molecule has 2 heterocycles. The summed E-state index contributed by atoms with van der Waals surface area (Å²) in [5, 5.41) is 0.450. The van der Waals surface area contributed by atoms with E-state index in [9.17, 15) is 9.59 Å². The van der Waals surface area contributed by atoms with E-state index in [-0.39, 0.29) is 24.3 Å². The highest BCUT2D eigenvalue weighted by molar-refractivity contribution is 7.07. The number of ether oxygens (including phenoxy) is 2. The van der Waals surface area contributed by atoms with E-state index in [2.05, 4.69) is 35.9 Å². The van der Waals surface area contributed by atoms with Crippen molar-refractivity contribution in [2.24, 2.45) is 4.99 Å². The lowest BCUT2D eigenvalue weighted by molar-refractivity contribution is -0.140. The molecule has 3 aromatic rings. The highest BCUT2D eigenvalue weighted by Crippen LogP contribution is 2.34. The number of fused-ring (bicyclic) bond motifs is 1. The minimum atomic E-state index is -0.757. The smallest absolute Gasteiger partial charge is 0.338 e. The lowest BCUT2D eigenvalue weighted by Gasteiger charge is -2.25. The van der Waals surface area contributed by atoms with Gasteiger partial charge in [-0.2, -0.15) is 0 Å². The number of anilines is 1. The maximum absolute atomic E-state index is 13.8. The molecule has 0 amide bonds. The first kappa shape index (κ1) is 26.9. The molecule has 0 spiro atoms. The number of esters is 1. The molecule has 0 N–H and O–H groups in total. The van der Waals surface area contributed by atoms with E-state index in [1.54, 1.807) is 17.6 Å². The van der Waals surface area contributed by atoms with E-state index < -0.39 is 12.0 Å². The van der Waals surface area contributed by atoms with Crippen molar-refractivity contribution in [1.29, 1.82) is 0 Å². The molecule has 1 aliphatic heterocycles. The molecule has 0 saturated heterocycles. The number of benzene rings is 2. The Balaban J connectivity index is 1.82. The maximum atomic E-state index is 13.8. The number of carbonyl (C=O) groups excluding carboxylic acids is 1. The van der Waals surface area contributed by atoms with Gasteiger partial charge in [0.05, 0.1) is 22.4 Å². The molecule has 4 rings (SSSR count). The van der Waals surface area contributed by atoms with Gasteiger partial charge in [0.2, 0.25) is 0 Å². The molecule has 9 heteroatoms. The zero-order valence-corrected chi connectivity index (χ0v) is 22.9. The predicted octanol–water partition coefficient (Wildman–Crippen LogP) is 3.92. The summed E-state index contributed by atoms with van der Waals surface area (Å²) < 4.78 is 12.5. The van der Waals surface area contributed by atoms with Crippen molar-refractivity contribution in [2.45, 2.75) is 26.8 Å². The molecular formula is C28H30ClN3O4S. The van der Waals surface area contributed by atoms with Gasteiger partial charge in [-0.05, 0) is 56.2 Å². The van der Waals surface area contributed by atoms with E-state index in [4.69, 9.17) is 21.1 Å². The number of halogens is 1. The molecule has 7 nitrogen and oxygen atoms in total. The van der Waals surface area contributed by atoms with Crippen molar-refractivity contribution in [1.82, 2.24) is 4.57 Å². The molecule has 0 unspecified atom stereocenters. The summed E-state index contributed by atoms with van der Waals surface area (Å²) in [5.74, 6) is -0.551. The van der Waals surface area contributed by atoms with Crippen LogP contribution in [-0.4, -0.2) is 43.9 Å². The van der Waals surface area contributed by atoms with Crippen LogP contribution in [0.3, 0.4) is 0 Å². The lowest BCUT2D eigenvalue weighted by Crippen LogP contribution is -2.40. The summed E-state index contributed by atoms with van der Waals surface area (Å²) in [6, 6.07) is 14.6. The van der Waals surface area contributed by atoms with Crippen LogP contribution in [0.25, 0.3) is 6.08 Å². The Hall–Kier alpha value is -3.20. The molecule has 0 fully saturated rings. The number of nitrogens with zero attached hydrogens (tertiary/aromatic N) is 3. The topological polar surface area (TPSA) is 73.1 Å². The SMILES string of the molecule is CCN(CC)c1ccc(/C=c2\sc3n(c2=O)[C@@H](c2ccccc2Cl)C(C(=O)OCCOC)=C(C)N=3)cc1. The van der Waals surface area contributed by atoms with Gasteiger partial charge in [-0.3, -0.25) is 9.36 Å². The van der Waals surface area contributed by atoms with Crippen LogP contribution in [0, 0.1) is 0 Å². The second-order valence-electron chi connectivity index (χ2n) is 8.50. The fourth-order valence-corrected chi connectivity index (χ4v) is 5.68. The van der Waals surface area contributed by atoms with Crippen LogP contribution >= 0.6 is 22.9 Å². The van der Waals surface area contributed by atoms with Gasteiger partial charge in [0, 0.05) is 30.9 Å². The van der Waals surface area contributed by atoms with Crippen molar-refractivity contribution in [3.8, 4) is 0 Å². The molecule has 1 aliphatic rings. The fraction of sp³-hybridized carbons (Fsp3) is 0.321. The van der Waals surface area contributed by atoms with Crippen molar-refractivity contribution in [2.75, 3.05) is 38.3 Å². The highest BCUT2D eigenvalue weighted by Gasteiger charge is 2.34. The largest absolute Gasteiger partial charge is 0.460 e. The van der Waals surface area contributed by atoms with Crippen LogP contribution in [0.1, 0.15) is 37.9 Å². The molecule has 0 bridgehead atoms. The van der Waals surface area contributed by atoms with Crippen molar-refractivity contribution >= 4 is 40.7 Å². The molecule has 37 heavy (non-hydrogen) atoms. The minimum Gasteiger partial charge on any atom is -0.460 e. The third kappa shape index (κ3) is 5.56. The average Bonchev–Trinajstić information content (AvgIpc) is 3.19. The first-order chi connectivity index (χ1) is 17.9. The van der Waals surface area contributed by atoms with Gasteiger partial charge in [-0.1, -0.05) is 53.3 Å². The van der Waals surface area contributed by atoms with E-state index in [0.29, 0.717) is 25.6 Å². The van der Waals surface area contributed by atoms with Crippen LogP contribution in [0.5, 0.6) is 0 Å². The lowest BCUT2D eigenvalue weighted by atomic mass is 9.96. The normalized spacial score (nSPS) is 15.4. The molecule has 1 atom stereocenters. The third-order valence-electron chi connectivity index (χ3n) is 6.28. The Morgan fingerprint density at radius 2 is 1.84 bits per heavy atom. The molecule has 1 aromatic heterocycles. The average molecular weight is 540 g/mol. The van der Waals surface area contributed by atoms with Gasteiger partial charge in [-0.25, -0.2) is 9.79 Å². The Morgan fingerprint density at radius 1 is 1.14 bits per heavy atom. The Labute approximate surface area is 224 Å². The van der Waals surface area contributed by atoms with E-state index >= 15 is 0 Å². The quantitative estimate of drug-likeness (QED) is 0.304. The van der Waals surface area contributed by atoms with Gasteiger partial charge in [0.15, 0.2) is 4.80 Å². The first-order valence-electron chi connectivity index (χ1n) is 12.2. The fourth-order valence-electron chi connectivity index (χ4n) is 4.39. The first-order valence-corrected chi connectivity index (χ1v) is 13.4. The summed E-state index contributed by atoms with van der Waals surface area (Å²) in [4.78, 5) is 34.3. The number of aromatic nitrogens is 1. The Morgan fingerprint density at radius 3 is 2.49 bits per heavy atom. The number of carbonyl (C=O) groups is 1. The summed E-state index contributed by atoms with van der Waals surface area (Å²) in [5.41, 5.74) is 3.21. The third-order valence-corrected chi connectivity index (χ3v) is 7.61. The van der Waals surface area contributed by atoms with Gasteiger partial charge >= 0.3 is 5.97 Å². The number of hydrogen-bond acceptors (Lipinski definition) is 7. The standard InChI is InChI=1S/C28H30ClN3O4S/c1-5-31(6-2)20-13-11-19(12-14-20)17-23-26(33)32-25(21-9-7-8-10-22(21)29)24(18(3)30-28(32)37-23)27(34)36-16-15-35-4/h7-14,17,25H,5-6,15-16H2,1-4H3/b23-17-/t25-/m0/s1. The zero-order chi connectivity index (χ0) is 26.5. The van der Waals surface area contributed by atoms with Crippen LogP contribution in [-0.2, 0) is 14.3 Å². The Bertz CT molecular complexity index is 1490. The molecular weight excluding hydrogens is 510 g/mol. The van der Waals surface area contributed by atoms with Crippen LogP contribution < -0.4 is 19.8 Å². The summed E-state index contributed by atoms with van der Waals surface area (Å²) in [6.07, 6.45) is 1.86. The van der Waals surface area contributed by atoms with Crippen molar-refractivity contribution in [3.63, 3.8) is 0 Å².